The highest BCUT2D eigenvalue weighted by Crippen LogP contribution is 2.29. The highest BCUT2D eigenvalue weighted by molar-refractivity contribution is 5.93. The van der Waals surface area contributed by atoms with Crippen molar-refractivity contribution in [1.82, 2.24) is 4.98 Å². The molecular weight excluding hydrogens is 202 g/mol. The van der Waals surface area contributed by atoms with E-state index in [-0.39, 0.29) is 11.8 Å². The number of hydrogen-bond acceptors (Lipinski definition) is 3. The average molecular weight is 215 g/mol. The number of rotatable bonds is 2. The number of nitrogens with zero attached hydrogens (tertiary/aromatic N) is 1. The van der Waals surface area contributed by atoms with Gasteiger partial charge in [0.2, 0.25) is 5.91 Å². The lowest BCUT2D eigenvalue weighted by molar-refractivity contribution is -0.117. The summed E-state index contributed by atoms with van der Waals surface area (Å²) < 4.78 is 0. The van der Waals surface area contributed by atoms with Gasteiger partial charge in [0.25, 0.3) is 0 Å². The first kappa shape index (κ1) is 10.7. The second-order valence-electron chi connectivity index (χ2n) is 3.68. The van der Waals surface area contributed by atoms with Crippen LogP contribution >= 0.6 is 0 Å². The van der Waals surface area contributed by atoms with Crippen LogP contribution in [-0.2, 0) is 4.79 Å². The second-order valence-corrected chi connectivity index (χ2v) is 3.68. The van der Waals surface area contributed by atoms with Gasteiger partial charge in [-0.1, -0.05) is 12.0 Å². The summed E-state index contributed by atoms with van der Waals surface area (Å²) in [7, 11) is 0. The number of nitrogens with two attached hydrogens (primary N) is 1. The van der Waals surface area contributed by atoms with Crippen molar-refractivity contribution in [2.45, 2.75) is 12.8 Å². The minimum absolute atomic E-state index is 0.0523. The molecule has 1 heterocycles. The zero-order valence-electron chi connectivity index (χ0n) is 8.86. The molecule has 1 aliphatic rings. The topological polar surface area (TPSA) is 68.0 Å². The van der Waals surface area contributed by atoms with Crippen molar-refractivity contribution in [3.63, 3.8) is 0 Å². The van der Waals surface area contributed by atoms with Crippen LogP contribution in [-0.4, -0.2) is 17.4 Å². The predicted molar refractivity (Wildman–Crippen MR) is 61.5 cm³/mol. The fraction of sp³-hybridized carbons (Fsp3) is 0.333. The Morgan fingerprint density at radius 1 is 1.56 bits per heavy atom. The SMILES string of the molecule is NCC#Cc1cccc(NC(=O)C2CC2)n1. The van der Waals surface area contributed by atoms with Crippen LogP contribution in [0.3, 0.4) is 0 Å². The van der Waals surface area contributed by atoms with E-state index in [1.54, 1.807) is 12.1 Å². The van der Waals surface area contributed by atoms with E-state index in [1.165, 1.54) is 0 Å². The summed E-state index contributed by atoms with van der Waals surface area (Å²) in [5.74, 6) is 6.34. The molecule has 1 fully saturated rings. The Bertz CT molecular complexity index is 455. The first-order chi connectivity index (χ1) is 7.79. The van der Waals surface area contributed by atoms with Crippen molar-refractivity contribution < 1.29 is 4.79 Å². The molecule has 1 aromatic rings. The number of aromatic nitrogens is 1. The van der Waals surface area contributed by atoms with E-state index in [1.807, 2.05) is 6.07 Å². The van der Waals surface area contributed by atoms with E-state index in [9.17, 15) is 4.79 Å². The summed E-state index contributed by atoms with van der Waals surface area (Å²) in [6.07, 6.45) is 1.97. The van der Waals surface area contributed by atoms with Gasteiger partial charge >= 0.3 is 0 Å². The van der Waals surface area contributed by atoms with Crippen LogP contribution in [0, 0.1) is 17.8 Å². The molecule has 0 radical (unpaired) electrons. The maximum absolute atomic E-state index is 11.5. The minimum atomic E-state index is 0.0523. The molecule has 1 amide bonds. The first-order valence-corrected chi connectivity index (χ1v) is 5.26. The molecule has 0 aromatic carbocycles. The fourth-order valence-corrected chi connectivity index (χ4v) is 1.29. The van der Waals surface area contributed by atoms with Gasteiger partial charge in [-0.05, 0) is 30.9 Å². The monoisotopic (exact) mass is 215 g/mol. The lowest BCUT2D eigenvalue weighted by Crippen LogP contribution is -2.14. The Labute approximate surface area is 94.3 Å². The van der Waals surface area contributed by atoms with Gasteiger partial charge in [-0.25, -0.2) is 4.98 Å². The van der Waals surface area contributed by atoms with Crippen LogP contribution in [0.2, 0.25) is 0 Å². The number of carbonyl (C=O) groups is 1. The molecule has 0 saturated heterocycles. The van der Waals surface area contributed by atoms with E-state index < -0.39 is 0 Å². The summed E-state index contributed by atoms with van der Waals surface area (Å²) in [6, 6.07) is 5.36. The van der Waals surface area contributed by atoms with Gasteiger partial charge in [-0.3, -0.25) is 4.79 Å². The summed E-state index contributed by atoms with van der Waals surface area (Å²) in [5, 5.41) is 2.77. The molecule has 0 unspecified atom stereocenters. The van der Waals surface area contributed by atoms with E-state index in [0.717, 1.165) is 12.8 Å². The molecule has 4 heteroatoms. The quantitative estimate of drug-likeness (QED) is 0.715. The smallest absolute Gasteiger partial charge is 0.228 e. The van der Waals surface area contributed by atoms with Crippen molar-refractivity contribution in [3.05, 3.63) is 23.9 Å². The highest BCUT2D eigenvalue weighted by atomic mass is 16.2. The molecule has 16 heavy (non-hydrogen) atoms. The summed E-state index contributed by atoms with van der Waals surface area (Å²) >= 11 is 0. The Hall–Kier alpha value is -1.86. The number of hydrogen-bond donors (Lipinski definition) is 2. The number of amides is 1. The van der Waals surface area contributed by atoms with E-state index in [4.69, 9.17) is 5.73 Å². The molecule has 0 aliphatic heterocycles. The minimum Gasteiger partial charge on any atom is -0.320 e. The Kier molecular flexibility index (Phi) is 3.18. The lowest BCUT2D eigenvalue weighted by atomic mass is 10.3. The highest BCUT2D eigenvalue weighted by Gasteiger charge is 2.29. The number of pyridine rings is 1. The van der Waals surface area contributed by atoms with Crippen molar-refractivity contribution in [2.24, 2.45) is 11.7 Å². The summed E-state index contributed by atoms with van der Waals surface area (Å²) in [4.78, 5) is 15.7. The van der Waals surface area contributed by atoms with Crippen molar-refractivity contribution >= 4 is 11.7 Å². The van der Waals surface area contributed by atoms with Gasteiger partial charge in [0.05, 0.1) is 6.54 Å². The molecule has 0 atom stereocenters. The van der Waals surface area contributed by atoms with Gasteiger partial charge in [-0.15, -0.1) is 0 Å². The predicted octanol–water partition coefficient (Wildman–Crippen LogP) is 0.740. The first-order valence-electron chi connectivity index (χ1n) is 5.26. The van der Waals surface area contributed by atoms with Crippen LogP contribution in [0.5, 0.6) is 0 Å². The molecule has 82 valence electrons. The number of anilines is 1. The Balaban J connectivity index is 2.06. The Morgan fingerprint density at radius 2 is 2.38 bits per heavy atom. The van der Waals surface area contributed by atoms with Gasteiger partial charge < -0.3 is 11.1 Å². The number of carbonyl (C=O) groups excluding carboxylic acids is 1. The van der Waals surface area contributed by atoms with Crippen molar-refractivity contribution in [3.8, 4) is 11.8 Å². The van der Waals surface area contributed by atoms with Crippen LogP contribution in [0.25, 0.3) is 0 Å². The van der Waals surface area contributed by atoms with Crippen LogP contribution in [0.1, 0.15) is 18.5 Å². The maximum atomic E-state index is 11.5. The molecule has 1 aliphatic carbocycles. The van der Waals surface area contributed by atoms with Crippen LogP contribution < -0.4 is 11.1 Å². The zero-order chi connectivity index (χ0) is 11.4. The average Bonchev–Trinajstić information content (AvgIpc) is 3.10. The zero-order valence-corrected chi connectivity index (χ0v) is 8.86. The molecule has 0 spiro atoms. The lowest BCUT2D eigenvalue weighted by Gasteiger charge is -2.02. The van der Waals surface area contributed by atoms with Crippen molar-refractivity contribution in [1.29, 1.82) is 0 Å². The largest absolute Gasteiger partial charge is 0.320 e. The van der Waals surface area contributed by atoms with Gasteiger partial charge in [0.1, 0.15) is 11.5 Å². The standard InChI is InChI=1S/C12H13N3O/c13-8-2-4-10-3-1-5-11(14-10)15-12(16)9-6-7-9/h1,3,5,9H,6-8,13H2,(H,14,15,16). The van der Waals surface area contributed by atoms with Crippen LogP contribution in [0.4, 0.5) is 5.82 Å². The molecular formula is C12H13N3O. The van der Waals surface area contributed by atoms with Crippen LogP contribution in [0.15, 0.2) is 18.2 Å². The third-order valence-corrected chi connectivity index (χ3v) is 2.27. The molecule has 0 bridgehead atoms. The number of nitrogens with one attached hydrogen (secondary N) is 1. The maximum Gasteiger partial charge on any atom is 0.228 e. The molecule has 4 nitrogen and oxygen atoms in total. The molecule has 2 rings (SSSR count). The fourth-order valence-electron chi connectivity index (χ4n) is 1.29. The third kappa shape index (κ3) is 2.81. The second kappa shape index (κ2) is 4.77. The molecule has 1 aromatic heterocycles. The summed E-state index contributed by atoms with van der Waals surface area (Å²) in [6.45, 7) is 0.306. The molecule has 1 saturated carbocycles. The van der Waals surface area contributed by atoms with Gasteiger partial charge in [0, 0.05) is 5.92 Å². The van der Waals surface area contributed by atoms with E-state index in [0.29, 0.717) is 18.1 Å². The van der Waals surface area contributed by atoms with Gasteiger partial charge in [0.15, 0.2) is 0 Å². The molecule has 3 N–H and O–H groups in total. The van der Waals surface area contributed by atoms with E-state index >= 15 is 0 Å². The summed E-state index contributed by atoms with van der Waals surface area (Å²) in [5.41, 5.74) is 5.90. The third-order valence-electron chi connectivity index (χ3n) is 2.27. The van der Waals surface area contributed by atoms with E-state index in [2.05, 4.69) is 22.1 Å². The Morgan fingerprint density at radius 3 is 3.06 bits per heavy atom. The van der Waals surface area contributed by atoms with Crippen molar-refractivity contribution in [2.75, 3.05) is 11.9 Å². The normalized spacial score (nSPS) is 13.8. The van der Waals surface area contributed by atoms with Gasteiger partial charge in [-0.2, -0.15) is 0 Å².